The molecule has 1 aromatic carbocycles. The van der Waals surface area contributed by atoms with Gasteiger partial charge in [0.05, 0.1) is 0 Å². The van der Waals surface area contributed by atoms with Crippen molar-refractivity contribution in [1.82, 2.24) is 5.32 Å². The maximum Gasteiger partial charge on any atom is 0.115 e. The molecule has 0 radical (unpaired) electrons. The molecule has 0 unspecified atom stereocenters. The van der Waals surface area contributed by atoms with Crippen LogP contribution in [0.1, 0.15) is 18.4 Å². The lowest BCUT2D eigenvalue weighted by Gasteiger charge is -2.04. The van der Waals surface area contributed by atoms with Crippen LogP contribution in [0.15, 0.2) is 24.3 Å². The summed E-state index contributed by atoms with van der Waals surface area (Å²) in [5.74, 6) is 0.338. The molecular formula is C11H16BrNO. The van der Waals surface area contributed by atoms with E-state index in [1.54, 1.807) is 12.1 Å². The van der Waals surface area contributed by atoms with E-state index in [9.17, 15) is 5.11 Å². The first-order chi connectivity index (χ1) is 6.83. The Balaban J connectivity index is 2.18. The van der Waals surface area contributed by atoms with Crippen molar-refractivity contribution in [2.45, 2.75) is 19.4 Å². The minimum Gasteiger partial charge on any atom is -0.508 e. The van der Waals surface area contributed by atoms with Gasteiger partial charge in [-0.15, -0.1) is 0 Å². The smallest absolute Gasteiger partial charge is 0.115 e. The van der Waals surface area contributed by atoms with Gasteiger partial charge < -0.3 is 10.4 Å². The second-order valence-corrected chi connectivity index (χ2v) is 4.04. The molecular weight excluding hydrogens is 242 g/mol. The van der Waals surface area contributed by atoms with Gasteiger partial charge >= 0.3 is 0 Å². The van der Waals surface area contributed by atoms with Crippen LogP contribution in [0.25, 0.3) is 0 Å². The Morgan fingerprint density at radius 2 is 2.14 bits per heavy atom. The third kappa shape index (κ3) is 4.63. The minimum atomic E-state index is 0.338. The standard InChI is InChI=1S/C11H16BrNO/c12-6-1-2-7-13-9-10-4-3-5-11(14)8-10/h3-5,8,13-14H,1-2,6-7,9H2. The molecule has 78 valence electrons. The Hall–Kier alpha value is -0.540. The molecule has 0 bridgehead atoms. The summed E-state index contributed by atoms with van der Waals surface area (Å²) in [7, 11) is 0. The highest BCUT2D eigenvalue weighted by Gasteiger charge is 1.93. The number of phenolic OH excluding ortho intramolecular Hbond substituents is 1. The van der Waals surface area contributed by atoms with E-state index < -0.39 is 0 Å². The van der Waals surface area contributed by atoms with Crippen LogP contribution in [0.5, 0.6) is 5.75 Å². The summed E-state index contributed by atoms with van der Waals surface area (Å²) < 4.78 is 0. The second kappa shape index (κ2) is 6.85. The number of halogens is 1. The predicted molar refractivity (Wildman–Crippen MR) is 62.8 cm³/mol. The van der Waals surface area contributed by atoms with Crippen LogP contribution < -0.4 is 5.32 Å². The van der Waals surface area contributed by atoms with Crippen LogP contribution in [-0.4, -0.2) is 17.0 Å². The van der Waals surface area contributed by atoms with Gasteiger partial charge in [-0.3, -0.25) is 0 Å². The highest BCUT2D eigenvalue weighted by molar-refractivity contribution is 9.09. The van der Waals surface area contributed by atoms with E-state index in [0.717, 1.165) is 24.0 Å². The number of alkyl halides is 1. The zero-order chi connectivity index (χ0) is 10.2. The van der Waals surface area contributed by atoms with Crippen LogP contribution in [0, 0.1) is 0 Å². The van der Waals surface area contributed by atoms with Crippen molar-refractivity contribution >= 4 is 15.9 Å². The van der Waals surface area contributed by atoms with E-state index in [2.05, 4.69) is 21.2 Å². The molecule has 1 rings (SSSR count). The normalized spacial score (nSPS) is 10.4. The van der Waals surface area contributed by atoms with Gasteiger partial charge in [-0.2, -0.15) is 0 Å². The van der Waals surface area contributed by atoms with Crippen LogP contribution in [0.3, 0.4) is 0 Å². The van der Waals surface area contributed by atoms with Gasteiger partial charge in [0.15, 0.2) is 0 Å². The van der Waals surface area contributed by atoms with E-state index in [-0.39, 0.29) is 0 Å². The second-order valence-electron chi connectivity index (χ2n) is 3.24. The van der Waals surface area contributed by atoms with Crippen molar-refractivity contribution in [2.24, 2.45) is 0 Å². The summed E-state index contributed by atoms with van der Waals surface area (Å²) in [5, 5.41) is 13.6. The lowest BCUT2D eigenvalue weighted by atomic mass is 10.2. The lowest BCUT2D eigenvalue weighted by Crippen LogP contribution is -2.14. The Morgan fingerprint density at radius 3 is 2.86 bits per heavy atom. The van der Waals surface area contributed by atoms with E-state index in [4.69, 9.17) is 0 Å². The number of unbranched alkanes of at least 4 members (excludes halogenated alkanes) is 1. The van der Waals surface area contributed by atoms with Gasteiger partial charge in [0.2, 0.25) is 0 Å². The van der Waals surface area contributed by atoms with Gasteiger partial charge in [-0.25, -0.2) is 0 Å². The molecule has 0 spiro atoms. The van der Waals surface area contributed by atoms with Crippen molar-refractivity contribution in [3.8, 4) is 5.75 Å². The zero-order valence-corrected chi connectivity index (χ0v) is 9.76. The molecule has 0 amide bonds. The number of aromatic hydroxyl groups is 1. The van der Waals surface area contributed by atoms with Crippen molar-refractivity contribution in [3.63, 3.8) is 0 Å². The molecule has 14 heavy (non-hydrogen) atoms. The minimum absolute atomic E-state index is 0.338. The third-order valence-corrected chi connectivity index (χ3v) is 2.54. The fraction of sp³-hybridized carbons (Fsp3) is 0.455. The van der Waals surface area contributed by atoms with Gasteiger partial charge in [-0.05, 0) is 37.1 Å². The predicted octanol–water partition coefficient (Wildman–Crippen LogP) is 2.66. The molecule has 3 heteroatoms. The monoisotopic (exact) mass is 257 g/mol. The van der Waals surface area contributed by atoms with E-state index in [1.807, 2.05) is 12.1 Å². The van der Waals surface area contributed by atoms with Gasteiger partial charge in [0.1, 0.15) is 5.75 Å². The fourth-order valence-corrected chi connectivity index (χ4v) is 1.64. The highest BCUT2D eigenvalue weighted by atomic mass is 79.9. The fourth-order valence-electron chi connectivity index (χ4n) is 1.24. The largest absolute Gasteiger partial charge is 0.508 e. The summed E-state index contributed by atoms with van der Waals surface area (Å²) in [6, 6.07) is 7.36. The number of benzene rings is 1. The van der Waals surface area contributed by atoms with Gasteiger partial charge in [0, 0.05) is 11.9 Å². The first-order valence-corrected chi connectivity index (χ1v) is 5.99. The number of hydrogen-bond acceptors (Lipinski definition) is 2. The number of rotatable bonds is 6. The molecule has 0 fully saturated rings. The molecule has 0 saturated carbocycles. The molecule has 0 heterocycles. The number of hydrogen-bond donors (Lipinski definition) is 2. The Morgan fingerprint density at radius 1 is 1.29 bits per heavy atom. The van der Waals surface area contributed by atoms with Crippen molar-refractivity contribution in [3.05, 3.63) is 29.8 Å². The third-order valence-electron chi connectivity index (χ3n) is 1.98. The van der Waals surface area contributed by atoms with Gasteiger partial charge in [0.25, 0.3) is 0 Å². The Kier molecular flexibility index (Phi) is 5.64. The molecule has 2 N–H and O–H groups in total. The van der Waals surface area contributed by atoms with Crippen LogP contribution in [-0.2, 0) is 6.54 Å². The highest BCUT2D eigenvalue weighted by Crippen LogP contribution is 2.10. The lowest BCUT2D eigenvalue weighted by molar-refractivity contribution is 0.474. The van der Waals surface area contributed by atoms with E-state index >= 15 is 0 Å². The molecule has 2 nitrogen and oxygen atoms in total. The average Bonchev–Trinajstić information content (AvgIpc) is 2.18. The van der Waals surface area contributed by atoms with E-state index in [1.165, 1.54) is 12.8 Å². The van der Waals surface area contributed by atoms with Crippen molar-refractivity contribution < 1.29 is 5.11 Å². The summed E-state index contributed by atoms with van der Waals surface area (Å²) in [6.07, 6.45) is 2.39. The molecule has 1 aromatic rings. The maximum atomic E-state index is 9.22. The molecule has 0 aliphatic heterocycles. The average molecular weight is 258 g/mol. The van der Waals surface area contributed by atoms with Crippen molar-refractivity contribution in [1.29, 1.82) is 0 Å². The summed E-state index contributed by atoms with van der Waals surface area (Å²) >= 11 is 3.40. The summed E-state index contributed by atoms with van der Waals surface area (Å²) in [5.41, 5.74) is 1.13. The summed E-state index contributed by atoms with van der Waals surface area (Å²) in [4.78, 5) is 0. The Bertz CT molecular complexity index is 265. The Labute approximate surface area is 93.5 Å². The van der Waals surface area contributed by atoms with Crippen molar-refractivity contribution in [2.75, 3.05) is 11.9 Å². The van der Waals surface area contributed by atoms with Crippen LogP contribution in [0.4, 0.5) is 0 Å². The van der Waals surface area contributed by atoms with E-state index in [0.29, 0.717) is 5.75 Å². The molecule has 0 aromatic heterocycles. The summed E-state index contributed by atoms with van der Waals surface area (Å²) in [6.45, 7) is 1.86. The zero-order valence-electron chi connectivity index (χ0n) is 8.17. The first kappa shape index (κ1) is 11.5. The van der Waals surface area contributed by atoms with Crippen LogP contribution >= 0.6 is 15.9 Å². The molecule has 0 aliphatic carbocycles. The molecule has 0 saturated heterocycles. The maximum absolute atomic E-state index is 9.22. The topological polar surface area (TPSA) is 32.3 Å². The quantitative estimate of drug-likeness (QED) is 0.607. The molecule has 0 aliphatic rings. The number of phenols is 1. The molecule has 0 atom stereocenters. The van der Waals surface area contributed by atoms with Gasteiger partial charge in [-0.1, -0.05) is 28.1 Å². The number of nitrogens with one attached hydrogen (secondary N) is 1. The van der Waals surface area contributed by atoms with Crippen LogP contribution in [0.2, 0.25) is 0 Å². The first-order valence-electron chi connectivity index (χ1n) is 4.87. The SMILES string of the molecule is Oc1cccc(CNCCCCBr)c1.